The molecule has 0 aliphatic carbocycles. The number of rotatable bonds is 2. The largest absolute Gasteiger partial charge is 0.320 e. The molecular formula is C12H11FINS. The molecule has 0 aliphatic heterocycles. The SMILES string of the molecule is Cc1ccc(C(N)c2ccc(F)cc2I)s1. The van der Waals surface area contributed by atoms with E-state index in [9.17, 15) is 4.39 Å². The van der Waals surface area contributed by atoms with Crippen LogP contribution in [0.1, 0.15) is 21.4 Å². The lowest BCUT2D eigenvalue weighted by Crippen LogP contribution is -2.11. The quantitative estimate of drug-likeness (QED) is 0.821. The third-order valence-electron chi connectivity index (χ3n) is 2.37. The molecule has 1 atom stereocenters. The number of thiophene rings is 1. The number of hydrogen-bond donors (Lipinski definition) is 1. The predicted octanol–water partition coefficient (Wildman–Crippen LogP) is 3.85. The van der Waals surface area contributed by atoms with Gasteiger partial charge >= 0.3 is 0 Å². The van der Waals surface area contributed by atoms with Crippen molar-refractivity contribution in [2.24, 2.45) is 5.73 Å². The summed E-state index contributed by atoms with van der Waals surface area (Å²) in [6.45, 7) is 2.05. The van der Waals surface area contributed by atoms with Crippen molar-refractivity contribution < 1.29 is 4.39 Å². The van der Waals surface area contributed by atoms with Crippen molar-refractivity contribution in [3.05, 3.63) is 55.0 Å². The number of nitrogens with two attached hydrogens (primary N) is 1. The van der Waals surface area contributed by atoms with Crippen LogP contribution in [0.15, 0.2) is 30.3 Å². The van der Waals surface area contributed by atoms with Crippen LogP contribution in [0.2, 0.25) is 0 Å². The average molecular weight is 347 g/mol. The number of hydrogen-bond acceptors (Lipinski definition) is 2. The van der Waals surface area contributed by atoms with Crippen LogP contribution in [0, 0.1) is 16.3 Å². The summed E-state index contributed by atoms with van der Waals surface area (Å²) < 4.78 is 13.8. The number of benzene rings is 1. The molecule has 0 spiro atoms. The first kappa shape index (κ1) is 12.0. The topological polar surface area (TPSA) is 26.0 Å². The molecule has 1 aromatic heterocycles. The fourth-order valence-electron chi connectivity index (χ4n) is 1.53. The Morgan fingerprint density at radius 1 is 1.31 bits per heavy atom. The zero-order chi connectivity index (χ0) is 11.7. The van der Waals surface area contributed by atoms with Gasteiger partial charge in [-0.25, -0.2) is 4.39 Å². The van der Waals surface area contributed by atoms with E-state index in [2.05, 4.69) is 35.6 Å². The van der Waals surface area contributed by atoms with Crippen LogP contribution in [0.5, 0.6) is 0 Å². The Bertz CT molecular complexity index is 509. The molecular weight excluding hydrogens is 336 g/mol. The Hall–Kier alpha value is -0.460. The molecule has 16 heavy (non-hydrogen) atoms. The summed E-state index contributed by atoms with van der Waals surface area (Å²) in [6, 6.07) is 8.65. The molecule has 0 aliphatic rings. The normalized spacial score (nSPS) is 12.8. The van der Waals surface area contributed by atoms with Crippen molar-refractivity contribution in [3.8, 4) is 0 Å². The second-order valence-corrected chi connectivity index (χ2v) is 6.07. The van der Waals surface area contributed by atoms with E-state index >= 15 is 0 Å². The van der Waals surface area contributed by atoms with Crippen LogP contribution in [0.3, 0.4) is 0 Å². The first-order chi connectivity index (χ1) is 7.58. The maximum Gasteiger partial charge on any atom is 0.124 e. The van der Waals surface area contributed by atoms with E-state index in [1.165, 1.54) is 17.0 Å². The summed E-state index contributed by atoms with van der Waals surface area (Å²) in [4.78, 5) is 2.35. The molecule has 1 unspecified atom stereocenters. The maximum absolute atomic E-state index is 13.0. The van der Waals surface area contributed by atoms with Crippen molar-refractivity contribution in [2.75, 3.05) is 0 Å². The smallest absolute Gasteiger partial charge is 0.124 e. The molecule has 0 amide bonds. The summed E-state index contributed by atoms with van der Waals surface area (Å²) >= 11 is 3.80. The fourth-order valence-corrected chi connectivity index (χ4v) is 3.24. The van der Waals surface area contributed by atoms with E-state index in [-0.39, 0.29) is 11.9 Å². The second-order valence-electron chi connectivity index (χ2n) is 3.59. The van der Waals surface area contributed by atoms with E-state index in [1.807, 2.05) is 6.07 Å². The number of aryl methyl sites for hydroxylation is 1. The van der Waals surface area contributed by atoms with Gasteiger partial charge in [0, 0.05) is 13.3 Å². The van der Waals surface area contributed by atoms with Gasteiger partial charge in [0.15, 0.2) is 0 Å². The van der Waals surface area contributed by atoms with Crippen molar-refractivity contribution in [3.63, 3.8) is 0 Å². The van der Waals surface area contributed by atoms with Gasteiger partial charge in [-0.1, -0.05) is 6.07 Å². The summed E-state index contributed by atoms with van der Waals surface area (Å²) in [5, 5.41) is 0. The Morgan fingerprint density at radius 3 is 2.62 bits per heavy atom. The Labute approximate surface area is 112 Å². The van der Waals surface area contributed by atoms with Gasteiger partial charge in [0.05, 0.1) is 6.04 Å². The van der Waals surface area contributed by atoms with Crippen LogP contribution >= 0.6 is 33.9 Å². The van der Waals surface area contributed by atoms with Crippen LogP contribution in [0.4, 0.5) is 4.39 Å². The second kappa shape index (κ2) is 4.81. The molecule has 1 aromatic carbocycles. The minimum Gasteiger partial charge on any atom is -0.320 e. The Kier molecular flexibility index (Phi) is 3.61. The predicted molar refractivity (Wildman–Crippen MR) is 74.2 cm³/mol. The van der Waals surface area contributed by atoms with Crippen LogP contribution < -0.4 is 5.73 Å². The highest BCUT2D eigenvalue weighted by Crippen LogP contribution is 2.29. The first-order valence-corrected chi connectivity index (χ1v) is 6.74. The van der Waals surface area contributed by atoms with E-state index in [0.717, 1.165) is 14.0 Å². The molecule has 84 valence electrons. The summed E-state index contributed by atoms with van der Waals surface area (Å²) in [5.41, 5.74) is 7.14. The zero-order valence-corrected chi connectivity index (χ0v) is 11.7. The lowest BCUT2D eigenvalue weighted by Gasteiger charge is -2.12. The van der Waals surface area contributed by atoms with E-state index in [1.54, 1.807) is 17.4 Å². The highest BCUT2D eigenvalue weighted by Gasteiger charge is 2.14. The fraction of sp³-hybridized carbons (Fsp3) is 0.167. The third-order valence-corrected chi connectivity index (χ3v) is 4.38. The van der Waals surface area contributed by atoms with Crippen LogP contribution in [-0.4, -0.2) is 0 Å². The zero-order valence-electron chi connectivity index (χ0n) is 8.71. The molecule has 1 nitrogen and oxygen atoms in total. The average Bonchev–Trinajstić information content (AvgIpc) is 2.64. The van der Waals surface area contributed by atoms with Gasteiger partial charge in [-0.05, 0) is 59.3 Å². The van der Waals surface area contributed by atoms with Crippen molar-refractivity contribution in [1.29, 1.82) is 0 Å². The molecule has 0 fully saturated rings. The monoisotopic (exact) mass is 347 g/mol. The Morgan fingerprint density at radius 2 is 2.06 bits per heavy atom. The molecule has 0 saturated heterocycles. The molecule has 4 heteroatoms. The van der Waals surface area contributed by atoms with Gasteiger partial charge in [0.25, 0.3) is 0 Å². The molecule has 2 N–H and O–H groups in total. The van der Waals surface area contributed by atoms with E-state index in [4.69, 9.17) is 5.73 Å². The standard InChI is InChI=1S/C12H11FINS/c1-7-2-5-11(16-7)12(15)9-4-3-8(13)6-10(9)14/h2-6,12H,15H2,1H3. The van der Waals surface area contributed by atoms with Gasteiger partial charge in [0.2, 0.25) is 0 Å². The molecule has 2 rings (SSSR count). The van der Waals surface area contributed by atoms with Crippen molar-refractivity contribution >= 4 is 33.9 Å². The molecule has 2 aromatic rings. The Balaban J connectivity index is 2.37. The lowest BCUT2D eigenvalue weighted by atomic mass is 10.1. The minimum atomic E-state index is -0.220. The van der Waals surface area contributed by atoms with Gasteiger partial charge in [-0.2, -0.15) is 0 Å². The van der Waals surface area contributed by atoms with Crippen LogP contribution in [-0.2, 0) is 0 Å². The third kappa shape index (κ3) is 2.44. The van der Waals surface area contributed by atoms with Crippen molar-refractivity contribution in [1.82, 2.24) is 0 Å². The van der Waals surface area contributed by atoms with E-state index < -0.39 is 0 Å². The summed E-state index contributed by atoms with van der Waals surface area (Å²) in [6.07, 6.45) is 0. The molecule has 0 radical (unpaired) electrons. The van der Waals surface area contributed by atoms with Gasteiger partial charge in [-0.15, -0.1) is 11.3 Å². The highest BCUT2D eigenvalue weighted by atomic mass is 127. The van der Waals surface area contributed by atoms with Gasteiger partial charge in [0.1, 0.15) is 5.82 Å². The van der Waals surface area contributed by atoms with Crippen LogP contribution in [0.25, 0.3) is 0 Å². The lowest BCUT2D eigenvalue weighted by molar-refractivity contribution is 0.625. The minimum absolute atomic E-state index is 0.161. The summed E-state index contributed by atoms with van der Waals surface area (Å²) in [7, 11) is 0. The number of halogens is 2. The maximum atomic E-state index is 13.0. The first-order valence-electron chi connectivity index (χ1n) is 4.85. The highest BCUT2D eigenvalue weighted by molar-refractivity contribution is 14.1. The van der Waals surface area contributed by atoms with Gasteiger partial charge in [-0.3, -0.25) is 0 Å². The van der Waals surface area contributed by atoms with Gasteiger partial charge < -0.3 is 5.73 Å². The molecule has 0 saturated carbocycles. The van der Waals surface area contributed by atoms with E-state index in [0.29, 0.717) is 0 Å². The van der Waals surface area contributed by atoms with Crippen molar-refractivity contribution in [2.45, 2.75) is 13.0 Å². The molecule has 1 heterocycles. The summed E-state index contributed by atoms with van der Waals surface area (Å²) in [5.74, 6) is -0.220. The molecule has 0 bridgehead atoms.